The van der Waals surface area contributed by atoms with E-state index in [1.54, 1.807) is 48.1 Å². The standard InChI is InChI=1S/C26H24F2N4O2/c1-17(2)31-13-12-22(29-31)26(3)16-23(33)32(25(34)30(26)4)24-20(27)14-19(15-21(24)28)11-10-18-8-6-5-7-9-18/h5-9,12-15,17H,16H2,1-4H3/t26-/m0/s1. The maximum absolute atomic E-state index is 15.0. The molecule has 1 fully saturated rings. The fourth-order valence-corrected chi connectivity index (χ4v) is 3.87. The number of halogens is 2. The predicted molar refractivity (Wildman–Crippen MR) is 124 cm³/mol. The second kappa shape index (κ2) is 8.75. The van der Waals surface area contributed by atoms with E-state index >= 15 is 8.78 Å². The summed E-state index contributed by atoms with van der Waals surface area (Å²) in [6.07, 6.45) is 1.59. The molecule has 0 saturated carbocycles. The zero-order valence-corrected chi connectivity index (χ0v) is 19.3. The zero-order chi connectivity index (χ0) is 24.6. The van der Waals surface area contributed by atoms with E-state index in [9.17, 15) is 9.59 Å². The Morgan fingerprint density at radius 3 is 2.21 bits per heavy atom. The van der Waals surface area contributed by atoms with Crippen LogP contribution in [0.15, 0.2) is 54.7 Å². The molecule has 3 aromatic rings. The van der Waals surface area contributed by atoms with Crippen molar-refractivity contribution in [2.45, 2.75) is 38.8 Å². The smallest absolute Gasteiger partial charge is 0.315 e. The second-order valence-corrected chi connectivity index (χ2v) is 8.70. The van der Waals surface area contributed by atoms with Gasteiger partial charge in [0.05, 0.1) is 17.7 Å². The number of hydrogen-bond donors (Lipinski definition) is 0. The van der Waals surface area contributed by atoms with E-state index < -0.39 is 34.8 Å². The van der Waals surface area contributed by atoms with E-state index in [1.807, 2.05) is 19.9 Å². The molecule has 1 saturated heterocycles. The van der Waals surface area contributed by atoms with Crippen molar-refractivity contribution < 1.29 is 18.4 Å². The number of nitrogens with zero attached hydrogens (tertiary/aromatic N) is 4. The summed E-state index contributed by atoms with van der Waals surface area (Å²) in [6, 6.07) is 12.0. The molecule has 1 aliphatic heterocycles. The Kier molecular flexibility index (Phi) is 5.96. The third-order valence-electron chi connectivity index (χ3n) is 6.02. The van der Waals surface area contributed by atoms with Crippen molar-refractivity contribution in [3.8, 4) is 11.8 Å². The Balaban J connectivity index is 1.66. The van der Waals surface area contributed by atoms with Gasteiger partial charge in [-0.05, 0) is 51.1 Å². The van der Waals surface area contributed by atoms with E-state index in [0.717, 1.165) is 12.1 Å². The van der Waals surface area contributed by atoms with Crippen LogP contribution in [-0.2, 0) is 10.3 Å². The van der Waals surface area contributed by atoms with E-state index in [4.69, 9.17) is 0 Å². The molecule has 2 heterocycles. The fraction of sp³-hybridized carbons (Fsp3) is 0.269. The molecule has 0 spiro atoms. The number of anilines is 1. The Labute approximate surface area is 196 Å². The highest BCUT2D eigenvalue weighted by molar-refractivity contribution is 6.16. The third kappa shape index (κ3) is 4.05. The Bertz CT molecular complexity index is 1300. The third-order valence-corrected chi connectivity index (χ3v) is 6.02. The first-order chi connectivity index (χ1) is 16.1. The van der Waals surface area contributed by atoms with Gasteiger partial charge in [-0.25, -0.2) is 18.5 Å². The quantitative estimate of drug-likeness (QED) is 0.523. The molecular formula is C26H24F2N4O2. The molecule has 6 nitrogen and oxygen atoms in total. The molecule has 4 rings (SSSR count). The molecule has 0 radical (unpaired) electrons. The first-order valence-corrected chi connectivity index (χ1v) is 10.8. The van der Waals surface area contributed by atoms with Crippen LogP contribution < -0.4 is 4.90 Å². The maximum Gasteiger partial charge on any atom is 0.332 e. The summed E-state index contributed by atoms with van der Waals surface area (Å²) in [4.78, 5) is 28.1. The van der Waals surface area contributed by atoms with Crippen LogP contribution >= 0.6 is 0 Å². The lowest BCUT2D eigenvalue weighted by Gasteiger charge is -2.44. The molecular weight excluding hydrogens is 438 g/mol. The minimum atomic E-state index is -1.06. The van der Waals surface area contributed by atoms with Gasteiger partial charge in [-0.3, -0.25) is 9.48 Å². The molecule has 0 bridgehead atoms. The van der Waals surface area contributed by atoms with Crippen molar-refractivity contribution in [2.75, 3.05) is 11.9 Å². The molecule has 0 aliphatic carbocycles. The predicted octanol–water partition coefficient (Wildman–Crippen LogP) is 4.85. The zero-order valence-electron chi connectivity index (χ0n) is 19.3. The number of rotatable bonds is 3. The first-order valence-electron chi connectivity index (χ1n) is 10.8. The topological polar surface area (TPSA) is 58.4 Å². The van der Waals surface area contributed by atoms with Crippen molar-refractivity contribution >= 4 is 17.6 Å². The molecule has 3 amide bonds. The Morgan fingerprint density at radius 1 is 1.00 bits per heavy atom. The van der Waals surface area contributed by atoms with E-state index in [1.165, 1.54) is 11.9 Å². The summed E-state index contributed by atoms with van der Waals surface area (Å²) in [5.41, 5.74) is -0.454. The lowest BCUT2D eigenvalue weighted by molar-refractivity contribution is -0.122. The van der Waals surface area contributed by atoms with Gasteiger partial charge in [0, 0.05) is 30.4 Å². The number of urea groups is 1. The van der Waals surface area contributed by atoms with Gasteiger partial charge in [-0.15, -0.1) is 0 Å². The number of hydrogen-bond acceptors (Lipinski definition) is 3. The summed E-state index contributed by atoms with van der Waals surface area (Å²) < 4.78 is 31.8. The largest absolute Gasteiger partial charge is 0.332 e. The molecule has 34 heavy (non-hydrogen) atoms. The normalized spacial score (nSPS) is 18.3. The lowest BCUT2D eigenvalue weighted by Crippen LogP contribution is -2.60. The number of aromatic nitrogens is 2. The van der Waals surface area contributed by atoms with Gasteiger partial charge in [-0.1, -0.05) is 30.0 Å². The molecule has 1 atom stereocenters. The van der Waals surface area contributed by atoms with Crippen molar-refractivity contribution in [2.24, 2.45) is 0 Å². The van der Waals surface area contributed by atoms with Crippen molar-refractivity contribution in [1.29, 1.82) is 0 Å². The van der Waals surface area contributed by atoms with Crippen LogP contribution in [0.4, 0.5) is 19.3 Å². The Hall–Kier alpha value is -3.99. The lowest BCUT2D eigenvalue weighted by atomic mass is 9.89. The number of imide groups is 1. The maximum atomic E-state index is 15.0. The average Bonchev–Trinajstić information content (AvgIpc) is 3.30. The van der Waals surface area contributed by atoms with Gasteiger partial charge >= 0.3 is 6.03 Å². The van der Waals surface area contributed by atoms with Crippen molar-refractivity contribution in [3.63, 3.8) is 0 Å². The van der Waals surface area contributed by atoms with Crippen molar-refractivity contribution in [3.05, 3.63) is 83.2 Å². The van der Waals surface area contributed by atoms with Crippen LogP contribution in [-0.4, -0.2) is 33.7 Å². The summed E-state index contributed by atoms with van der Waals surface area (Å²) >= 11 is 0. The van der Waals surface area contributed by atoms with Crippen LogP contribution in [0.5, 0.6) is 0 Å². The fourth-order valence-electron chi connectivity index (χ4n) is 3.87. The van der Waals surface area contributed by atoms with E-state index in [-0.39, 0.29) is 18.0 Å². The Morgan fingerprint density at radius 2 is 1.62 bits per heavy atom. The van der Waals surface area contributed by atoms with Crippen LogP contribution in [0.2, 0.25) is 0 Å². The van der Waals surface area contributed by atoms with Crippen LogP contribution in [0, 0.1) is 23.5 Å². The minimum Gasteiger partial charge on any atom is -0.315 e. The highest BCUT2D eigenvalue weighted by Gasteiger charge is 2.49. The van der Waals surface area contributed by atoms with Gasteiger partial charge in [0.25, 0.3) is 0 Å². The van der Waals surface area contributed by atoms with Gasteiger partial charge in [0.2, 0.25) is 5.91 Å². The summed E-state index contributed by atoms with van der Waals surface area (Å²) in [5.74, 6) is 2.74. The van der Waals surface area contributed by atoms with E-state index in [2.05, 4.69) is 16.9 Å². The van der Waals surface area contributed by atoms with Gasteiger partial charge in [0.15, 0.2) is 11.6 Å². The molecule has 0 N–H and O–H groups in total. The summed E-state index contributed by atoms with van der Waals surface area (Å²) in [6.45, 7) is 5.63. The van der Waals surface area contributed by atoms with Crippen LogP contribution in [0.25, 0.3) is 0 Å². The highest BCUT2D eigenvalue weighted by atomic mass is 19.1. The molecule has 174 valence electrons. The SMILES string of the molecule is CC(C)n1ccc([C@]2(C)CC(=O)N(c3c(F)cc(C#Cc4ccccc4)cc3F)C(=O)N2C)n1. The monoisotopic (exact) mass is 462 g/mol. The molecule has 0 unspecified atom stereocenters. The second-order valence-electron chi connectivity index (χ2n) is 8.70. The first kappa shape index (κ1) is 23.2. The van der Waals surface area contributed by atoms with Crippen LogP contribution in [0.1, 0.15) is 50.1 Å². The summed E-state index contributed by atoms with van der Waals surface area (Å²) in [7, 11) is 1.49. The number of carbonyl (C=O) groups excluding carboxylic acids is 2. The molecule has 2 aromatic carbocycles. The molecule has 1 aromatic heterocycles. The van der Waals surface area contributed by atoms with Gasteiger partial charge in [-0.2, -0.15) is 5.10 Å². The minimum absolute atomic E-state index is 0.0944. The van der Waals surface area contributed by atoms with Gasteiger partial charge < -0.3 is 4.90 Å². The number of carbonyl (C=O) groups is 2. The van der Waals surface area contributed by atoms with Crippen molar-refractivity contribution in [1.82, 2.24) is 14.7 Å². The molecule has 8 heteroatoms. The highest BCUT2D eigenvalue weighted by Crippen LogP contribution is 2.38. The average molecular weight is 463 g/mol. The van der Waals surface area contributed by atoms with Gasteiger partial charge in [0.1, 0.15) is 5.69 Å². The molecule has 1 aliphatic rings. The number of amides is 3. The van der Waals surface area contributed by atoms with E-state index in [0.29, 0.717) is 16.2 Å². The summed E-state index contributed by atoms with van der Waals surface area (Å²) in [5, 5.41) is 4.50. The van der Waals surface area contributed by atoms with Crippen LogP contribution in [0.3, 0.4) is 0 Å². The number of benzene rings is 2.